The molecule has 2 fully saturated rings. The minimum atomic E-state index is -4.04. The molecule has 1 aliphatic carbocycles. The number of rotatable bonds is 3. The van der Waals surface area contributed by atoms with Crippen molar-refractivity contribution in [2.24, 2.45) is 0 Å². The largest absolute Gasteiger partial charge is 0.390 e. The Bertz CT molecular complexity index is 313. The summed E-state index contributed by atoms with van der Waals surface area (Å²) in [5.74, 6) is 0. The van der Waals surface area contributed by atoms with Gasteiger partial charge in [0.15, 0.2) is 0 Å². The van der Waals surface area contributed by atoms with E-state index in [1.165, 1.54) is 0 Å². The Balaban J connectivity index is 1.94. The number of hydrogen-bond donors (Lipinski definition) is 5. The van der Waals surface area contributed by atoms with Crippen molar-refractivity contribution in [1.29, 1.82) is 0 Å². The maximum atomic E-state index is 11.3. The standard InChI is InChI=1S/C9H18NO5P/c11-7-3-6(10-5-8(7)12)4-9(1-2-9)16(13,14)15/h6-8,10-12H,1-5H2,(H2,13,14,15). The van der Waals surface area contributed by atoms with Crippen LogP contribution in [0.25, 0.3) is 0 Å². The van der Waals surface area contributed by atoms with Gasteiger partial charge in [0.2, 0.25) is 0 Å². The van der Waals surface area contributed by atoms with Crippen LogP contribution in [0, 0.1) is 0 Å². The van der Waals surface area contributed by atoms with Crippen LogP contribution in [0.5, 0.6) is 0 Å². The molecule has 1 heterocycles. The van der Waals surface area contributed by atoms with Crippen molar-refractivity contribution < 1.29 is 24.6 Å². The smallest absolute Gasteiger partial charge is 0.331 e. The molecule has 1 saturated heterocycles. The quantitative estimate of drug-likeness (QED) is 0.419. The van der Waals surface area contributed by atoms with E-state index >= 15 is 0 Å². The van der Waals surface area contributed by atoms with Crippen molar-refractivity contribution in [2.75, 3.05) is 6.54 Å². The zero-order chi connectivity index (χ0) is 12.0. The highest BCUT2D eigenvalue weighted by Crippen LogP contribution is 2.67. The molecule has 1 saturated carbocycles. The molecule has 0 spiro atoms. The molecule has 0 bridgehead atoms. The second-order valence-electron chi connectivity index (χ2n) is 4.95. The molecule has 0 amide bonds. The molecule has 2 aliphatic rings. The third-order valence-corrected chi connectivity index (χ3v) is 5.52. The Morgan fingerprint density at radius 2 is 1.88 bits per heavy atom. The van der Waals surface area contributed by atoms with Crippen molar-refractivity contribution in [3.8, 4) is 0 Å². The Hall–Kier alpha value is 0.0300. The van der Waals surface area contributed by atoms with Crippen LogP contribution in [0.1, 0.15) is 25.7 Å². The van der Waals surface area contributed by atoms with Gasteiger partial charge in [-0.3, -0.25) is 4.57 Å². The van der Waals surface area contributed by atoms with Gasteiger partial charge in [-0.2, -0.15) is 0 Å². The summed E-state index contributed by atoms with van der Waals surface area (Å²) in [5.41, 5.74) is 0. The maximum absolute atomic E-state index is 11.3. The number of hydrogen-bond acceptors (Lipinski definition) is 4. The second kappa shape index (κ2) is 4.05. The van der Waals surface area contributed by atoms with E-state index in [4.69, 9.17) is 0 Å². The van der Waals surface area contributed by atoms with E-state index in [2.05, 4.69) is 5.32 Å². The monoisotopic (exact) mass is 251 g/mol. The third kappa shape index (κ3) is 2.32. The fraction of sp³-hybridized carbons (Fsp3) is 1.00. The van der Waals surface area contributed by atoms with Gasteiger partial charge in [-0.1, -0.05) is 0 Å². The van der Waals surface area contributed by atoms with E-state index in [0.29, 0.717) is 25.7 Å². The Morgan fingerprint density at radius 3 is 2.31 bits per heavy atom. The Kier molecular flexibility index (Phi) is 3.16. The molecule has 6 nitrogen and oxygen atoms in total. The van der Waals surface area contributed by atoms with Crippen molar-refractivity contribution in [3.63, 3.8) is 0 Å². The number of nitrogens with one attached hydrogen (secondary N) is 1. The zero-order valence-corrected chi connectivity index (χ0v) is 9.81. The van der Waals surface area contributed by atoms with E-state index < -0.39 is 25.0 Å². The number of piperidine rings is 1. The molecule has 94 valence electrons. The lowest BCUT2D eigenvalue weighted by Gasteiger charge is -2.33. The van der Waals surface area contributed by atoms with E-state index in [1.54, 1.807) is 0 Å². The fourth-order valence-electron chi connectivity index (χ4n) is 2.33. The van der Waals surface area contributed by atoms with E-state index in [0.717, 1.165) is 0 Å². The molecule has 7 heteroatoms. The first-order valence-corrected chi connectivity index (χ1v) is 7.10. The molecule has 3 atom stereocenters. The summed E-state index contributed by atoms with van der Waals surface area (Å²) < 4.78 is 11.3. The normalized spacial score (nSPS) is 38.4. The van der Waals surface area contributed by atoms with Crippen molar-refractivity contribution >= 4 is 7.60 Å². The SMILES string of the molecule is O=P(O)(O)C1(CC2CC(O)C(O)CN2)CC1. The lowest BCUT2D eigenvalue weighted by molar-refractivity contribution is -0.0134. The van der Waals surface area contributed by atoms with Crippen LogP contribution in [0.2, 0.25) is 0 Å². The highest BCUT2D eigenvalue weighted by Gasteiger charge is 2.57. The fourth-order valence-corrected chi connectivity index (χ4v) is 3.48. The first-order valence-electron chi connectivity index (χ1n) is 5.49. The van der Waals surface area contributed by atoms with Gasteiger partial charge in [-0.25, -0.2) is 0 Å². The summed E-state index contributed by atoms with van der Waals surface area (Å²) in [5, 5.41) is 20.9. The van der Waals surface area contributed by atoms with E-state index in [9.17, 15) is 24.6 Å². The Morgan fingerprint density at radius 1 is 1.25 bits per heavy atom. The second-order valence-corrected chi connectivity index (χ2v) is 6.98. The van der Waals surface area contributed by atoms with Gasteiger partial charge in [0, 0.05) is 12.6 Å². The highest BCUT2D eigenvalue weighted by atomic mass is 31.2. The highest BCUT2D eigenvalue weighted by molar-refractivity contribution is 7.54. The number of β-amino-alcohol motifs (C(OH)–C–C–N with tert-alkyl or cyclic N) is 1. The van der Waals surface area contributed by atoms with Crippen LogP contribution in [0.3, 0.4) is 0 Å². The molecule has 0 aromatic heterocycles. The maximum Gasteiger partial charge on any atom is 0.331 e. The van der Waals surface area contributed by atoms with Crippen LogP contribution in [-0.4, -0.2) is 50.0 Å². The summed E-state index contributed by atoms with van der Waals surface area (Å²) in [7, 11) is -4.04. The summed E-state index contributed by atoms with van der Waals surface area (Å²) >= 11 is 0. The lowest BCUT2D eigenvalue weighted by atomic mass is 9.95. The van der Waals surface area contributed by atoms with Crippen LogP contribution < -0.4 is 5.32 Å². The minimum absolute atomic E-state index is 0.117. The van der Waals surface area contributed by atoms with Gasteiger partial charge in [0.05, 0.1) is 17.4 Å². The minimum Gasteiger partial charge on any atom is -0.390 e. The summed E-state index contributed by atoms with van der Waals surface area (Å²) in [6.07, 6.45) is 0.256. The van der Waals surface area contributed by atoms with Gasteiger partial charge in [0.25, 0.3) is 0 Å². The van der Waals surface area contributed by atoms with Gasteiger partial charge in [-0.05, 0) is 25.7 Å². The lowest BCUT2D eigenvalue weighted by Crippen LogP contribution is -2.50. The predicted octanol–water partition coefficient (Wildman–Crippen LogP) is -0.830. The van der Waals surface area contributed by atoms with Crippen LogP contribution in [0.4, 0.5) is 0 Å². The zero-order valence-electron chi connectivity index (χ0n) is 8.91. The summed E-state index contributed by atoms with van der Waals surface area (Å²) in [6, 6.07) is -0.117. The predicted molar refractivity (Wildman–Crippen MR) is 57.0 cm³/mol. The van der Waals surface area contributed by atoms with E-state index in [-0.39, 0.29) is 12.6 Å². The van der Waals surface area contributed by atoms with Crippen LogP contribution >= 0.6 is 7.60 Å². The molecule has 16 heavy (non-hydrogen) atoms. The average molecular weight is 251 g/mol. The summed E-state index contributed by atoms with van der Waals surface area (Å²) in [6.45, 7) is 0.281. The molecular weight excluding hydrogens is 233 g/mol. The first kappa shape index (κ1) is 12.5. The van der Waals surface area contributed by atoms with Crippen molar-refractivity contribution in [2.45, 2.75) is 49.1 Å². The van der Waals surface area contributed by atoms with E-state index in [1.807, 2.05) is 0 Å². The first-order chi connectivity index (χ1) is 7.34. The van der Waals surface area contributed by atoms with Crippen LogP contribution in [-0.2, 0) is 4.57 Å². The van der Waals surface area contributed by atoms with Gasteiger partial charge < -0.3 is 25.3 Å². The average Bonchev–Trinajstić information content (AvgIpc) is 2.91. The van der Waals surface area contributed by atoms with Crippen LogP contribution in [0.15, 0.2) is 0 Å². The molecule has 1 aliphatic heterocycles. The number of aliphatic hydroxyl groups is 2. The molecule has 3 unspecified atom stereocenters. The molecule has 2 rings (SSSR count). The molecule has 0 aromatic rings. The third-order valence-electron chi connectivity index (χ3n) is 3.66. The summed E-state index contributed by atoms with van der Waals surface area (Å²) in [4.78, 5) is 18.5. The number of aliphatic hydroxyl groups excluding tert-OH is 2. The van der Waals surface area contributed by atoms with Gasteiger partial charge in [-0.15, -0.1) is 0 Å². The topological polar surface area (TPSA) is 110 Å². The molecular formula is C9H18NO5P. The molecule has 0 radical (unpaired) electrons. The molecule has 0 aromatic carbocycles. The van der Waals surface area contributed by atoms with Crippen molar-refractivity contribution in [3.05, 3.63) is 0 Å². The molecule has 5 N–H and O–H groups in total. The Labute approximate surface area is 93.8 Å². The van der Waals surface area contributed by atoms with Gasteiger partial charge >= 0.3 is 7.60 Å². The van der Waals surface area contributed by atoms with Crippen molar-refractivity contribution in [1.82, 2.24) is 5.32 Å². The van der Waals surface area contributed by atoms with Gasteiger partial charge in [0.1, 0.15) is 0 Å².